The molecule has 0 aromatic heterocycles. The van der Waals surface area contributed by atoms with Gasteiger partial charge in [-0.2, -0.15) is 0 Å². The number of ether oxygens (including phenoxy) is 1. The van der Waals surface area contributed by atoms with Crippen LogP contribution in [0.5, 0.6) is 5.75 Å². The summed E-state index contributed by atoms with van der Waals surface area (Å²) >= 11 is 0. The molecule has 5 heteroatoms. The Morgan fingerprint density at radius 2 is 1.58 bits per heavy atom. The van der Waals surface area contributed by atoms with E-state index in [4.69, 9.17) is 4.74 Å². The van der Waals surface area contributed by atoms with E-state index < -0.39 is 17.5 Å². The predicted molar refractivity (Wildman–Crippen MR) is 139 cm³/mol. The minimum Gasteiger partial charge on any atom is -0.486 e. The average molecular weight is 493 g/mol. The summed E-state index contributed by atoms with van der Waals surface area (Å²) in [4.78, 5) is 0. The maximum absolute atomic E-state index is 15.0. The van der Waals surface area contributed by atoms with Crippen LogP contribution in [-0.2, 0) is 0 Å². The Kier molecular flexibility index (Phi) is 8.32. The van der Waals surface area contributed by atoms with E-state index in [1.807, 2.05) is 18.2 Å². The molecule has 4 rings (SSSR count). The highest BCUT2D eigenvalue weighted by Crippen LogP contribution is 2.39. The first-order valence-corrected chi connectivity index (χ1v) is 12.3. The van der Waals surface area contributed by atoms with Gasteiger partial charge in [0.1, 0.15) is 6.61 Å². The lowest BCUT2D eigenvalue weighted by molar-refractivity contribution is 0.0964. The Balaban J connectivity index is 1.45. The van der Waals surface area contributed by atoms with Crippen LogP contribution in [0.2, 0.25) is 0 Å². The van der Waals surface area contributed by atoms with Gasteiger partial charge in [0.2, 0.25) is 0 Å². The molecular weight excluding hydrogens is 461 g/mol. The van der Waals surface area contributed by atoms with Crippen molar-refractivity contribution < 1.29 is 23.0 Å². The number of hydrogen-bond acceptors (Lipinski definition) is 2. The van der Waals surface area contributed by atoms with Gasteiger partial charge in [0.25, 0.3) is 0 Å². The zero-order valence-corrected chi connectivity index (χ0v) is 20.4. The molecule has 1 atom stereocenters. The molecule has 188 valence electrons. The molecule has 1 aliphatic rings. The normalized spacial score (nSPS) is 18.8. The maximum atomic E-state index is 15.0. The Labute approximate surface area is 210 Å². The van der Waals surface area contributed by atoms with Gasteiger partial charge < -0.3 is 9.84 Å². The second kappa shape index (κ2) is 11.6. The third kappa shape index (κ3) is 5.90. The van der Waals surface area contributed by atoms with Crippen molar-refractivity contribution in [3.63, 3.8) is 0 Å². The van der Waals surface area contributed by atoms with Gasteiger partial charge in [-0.3, -0.25) is 0 Å². The Morgan fingerprint density at radius 3 is 2.22 bits per heavy atom. The standard InChI is InChI=1S/C31H31F3O2/c1-3-18-36-29-17-8-22(19-28(29)32)5-4-21-6-9-24(10-7-21)26-15-16-27(31(34)30(26)33)25-13-11-23(12-14-25)20(2)35/h3-10,15-17,19-20,23,25,35H,1,11-14,18H2,2H3/b5-4+. The second-order valence-electron chi connectivity index (χ2n) is 9.43. The third-order valence-electron chi connectivity index (χ3n) is 7.01. The molecule has 0 bridgehead atoms. The number of halogens is 3. The lowest BCUT2D eigenvalue weighted by Crippen LogP contribution is -2.23. The van der Waals surface area contributed by atoms with Crippen LogP contribution in [0.4, 0.5) is 13.2 Å². The quantitative estimate of drug-likeness (QED) is 0.254. The molecule has 1 saturated carbocycles. The summed E-state index contributed by atoms with van der Waals surface area (Å²) < 4.78 is 49.5. The average Bonchev–Trinajstić information content (AvgIpc) is 2.89. The van der Waals surface area contributed by atoms with Gasteiger partial charge in [-0.05, 0) is 78.8 Å². The number of benzene rings is 3. The van der Waals surface area contributed by atoms with E-state index in [0.29, 0.717) is 16.7 Å². The van der Waals surface area contributed by atoms with Crippen molar-refractivity contribution in [1.82, 2.24) is 0 Å². The molecule has 0 amide bonds. The van der Waals surface area contributed by atoms with Crippen molar-refractivity contribution in [2.45, 2.75) is 44.6 Å². The second-order valence-corrected chi connectivity index (χ2v) is 9.43. The van der Waals surface area contributed by atoms with Crippen LogP contribution in [0.15, 0.2) is 67.3 Å². The molecule has 2 nitrogen and oxygen atoms in total. The van der Waals surface area contributed by atoms with Gasteiger partial charge >= 0.3 is 0 Å². The fraction of sp³-hybridized carbons (Fsp3) is 0.290. The van der Waals surface area contributed by atoms with E-state index >= 15 is 8.78 Å². The largest absolute Gasteiger partial charge is 0.486 e. The zero-order chi connectivity index (χ0) is 25.7. The highest BCUT2D eigenvalue weighted by Gasteiger charge is 2.28. The van der Waals surface area contributed by atoms with Gasteiger partial charge in [-0.1, -0.05) is 67.3 Å². The molecular formula is C31H31F3O2. The summed E-state index contributed by atoms with van der Waals surface area (Å²) in [5.41, 5.74) is 2.75. The molecule has 36 heavy (non-hydrogen) atoms. The van der Waals surface area contributed by atoms with Crippen LogP contribution >= 0.6 is 0 Å². The van der Waals surface area contributed by atoms with Crippen LogP contribution in [-0.4, -0.2) is 17.8 Å². The van der Waals surface area contributed by atoms with Crippen LogP contribution in [0.1, 0.15) is 55.2 Å². The number of rotatable bonds is 8. The van der Waals surface area contributed by atoms with E-state index in [-0.39, 0.29) is 35.9 Å². The van der Waals surface area contributed by atoms with E-state index in [1.54, 1.807) is 55.5 Å². The molecule has 1 N–H and O–H groups in total. The first kappa shape index (κ1) is 25.8. The molecule has 0 saturated heterocycles. The van der Waals surface area contributed by atoms with Gasteiger partial charge in [-0.15, -0.1) is 0 Å². The van der Waals surface area contributed by atoms with E-state index in [2.05, 4.69) is 6.58 Å². The van der Waals surface area contributed by atoms with Gasteiger partial charge in [0.05, 0.1) is 6.10 Å². The van der Waals surface area contributed by atoms with Crippen LogP contribution < -0.4 is 4.74 Å². The number of aliphatic hydroxyl groups excluding tert-OH is 1. The lowest BCUT2D eigenvalue weighted by atomic mass is 9.76. The predicted octanol–water partition coefficient (Wildman–Crippen LogP) is 8.16. The summed E-state index contributed by atoms with van der Waals surface area (Å²) in [6, 6.07) is 15.2. The highest BCUT2D eigenvalue weighted by molar-refractivity contribution is 5.72. The molecule has 1 aliphatic carbocycles. The van der Waals surface area contributed by atoms with E-state index in [9.17, 15) is 9.50 Å². The minimum absolute atomic E-state index is 0.0245. The van der Waals surface area contributed by atoms with Crippen molar-refractivity contribution in [2.75, 3.05) is 6.61 Å². The summed E-state index contributed by atoms with van der Waals surface area (Å²) in [6.07, 6.45) is 7.93. The summed E-state index contributed by atoms with van der Waals surface area (Å²) in [7, 11) is 0. The van der Waals surface area contributed by atoms with Gasteiger partial charge in [0, 0.05) is 5.56 Å². The monoisotopic (exact) mass is 492 g/mol. The SMILES string of the molecule is C=CCOc1ccc(/C=C/c2ccc(-c3ccc(C4CCC(C(C)O)CC4)c(F)c3F)cc2)cc1F. The topological polar surface area (TPSA) is 29.5 Å². The molecule has 0 spiro atoms. The van der Waals surface area contributed by atoms with Gasteiger partial charge in [0.15, 0.2) is 23.2 Å². The highest BCUT2D eigenvalue weighted by atomic mass is 19.2. The van der Waals surface area contributed by atoms with Gasteiger partial charge in [-0.25, -0.2) is 13.2 Å². The summed E-state index contributed by atoms with van der Waals surface area (Å²) in [6.45, 7) is 5.57. The van der Waals surface area contributed by atoms with Crippen molar-refractivity contribution >= 4 is 12.2 Å². The molecule has 0 heterocycles. The minimum atomic E-state index is -0.831. The molecule has 1 unspecified atom stereocenters. The molecule has 0 radical (unpaired) electrons. The first-order chi connectivity index (χ1) is 17.4. The summed E-state index contributed by atoms with van der Waals surface area (Å²) in [5, 5.41) is 9.79. The maximum Gasteiger partial charge on any atom is 0.166 e. The molecule has 3 aromatic rings. The van der Waals surface area contributed by atoms with E-state index in [0.717, 1.165) is 31.2 Å². The van der Waals surface area contributed by atoms with Crippen LogP contribution in [0.3, 0.4) is 0 Å². The third-order valence-corrected chi connectivity index (χ3v) is 7.01. The van der Waals surface area contributed by atoms with Crippen LogP contribution in [0, 0.1) is 23.4 Å². The fourth-order valence-corrected chi connectivity index (χ4v) is 4.87. The first-order valence-electron chi connectivity index (χ1n) is 12.3. The molecule has 3 aromatic carbocycles. The van der Waals surface area contributed by atoms with E-state index in [1.165, 1.54) is 6.07 Å². The Morgan fingerprint density at radius 1 is 0.917 bits per heavy atom. The molecule has 1 fully saturated rings. The molecule has 0 aliphatic heterocycles. The Bertz CT molecular complexity index is 1220. The van der Waals surface area contributed by atoms with Crippen molar-refractivity contribution in [3.8, 4) is 16.9 Å². The van der Waals surface area contributed by atoms with Crippen molar-refractivity contribution in [2.24, 2.45) is 5.92 Å². The lowest BCUT2D eigenvalue weighted by Gasteiger charge is -2.30. The van der Waals surface area contributed by atoms with Crippen molar-refractivity contribution in [3.05, 3.63) is 101 Å². The zero-order valence-electron chi connectivity index (χ0n) is 20.4. The Hall–Kier alpha value is -3.31. The smallest absolute Gasteiger partial charge is 0.166 e. The fourth-order valence-electron chi connectivity index (χ4n) is 4.87. The van der Waals surface area contributed by atoms with Crippen molar-refractivity contribution in [1.29, 1.82) is 0 Å². The number of hydrogen-bond donors (Lipinski definition) is 1. The number of aliphatic hydroxyl groups is 1. The summed E-state index contributed by atoms with van der Waals surface area (Å²) in [5.74, 6) is -1.68. The van der Waals surface area contributed by atoms with Crippen LogP contribution in [0.25, 0.3) is 23.3 Å².